The van der Waals surface area contributed by atoms with Crippen LogP contribution in [0.5, 0.6) is 0 Å². The lowest BCUT2D eigenvalue weighted by atomic mass is 9.89. The minimum absolute atomic E-state index is 0.0244. The summed E-state index contributed by atoms with van der Waals surface area (Å²) < 4.78 is 12.0. The summed E-state index contributed by atoms with van der Waals surface area (Å²) in [7, 11) is 0. The lowest BCUT2D eigenvalue weighted by Gasteiger charge is -2.32. The van der Waals surface area contributed by atoms with E-state index in [1.807, 2.05) is 32.1 Å². The number of ether oxygens (including phenoxy) is 2. The third-order valence-corrected chi connectivity index (χ3v) is 6.60. The molecule has 0 amide bonds. The van der Waals surface area contributed by atoms with Gasteiger partial charge in [0, 0.05) is 0 Å². The number of carbonyl (C=O) groups is 1. The number of fused-ring (bicyclic) bond motifs is 2. The smallest absolute Gasteiger partial charge is 0.312 e. The average molecular weight is 501 g/mol. The summed E-state index contributed by atoms with van der Waals surface area (Å²) in [4.78, 5) is 12.9. The first kappa shape index (κ1) is 30.0. The van der Waals surface area contributed by atoms with Crippen LogP contribution in [0.1, 0.15) is 59.3 Å². The van der Waals surface area contributed by atoms with Gasteiger partial charge in [0.15, 0.2) is 0 Å². The van der Waals surface area contributed by atoms with E-state index in [9.17, 15) is 20.1 Å². The maximum absolute atomic E-state index is 12.9. The van der Waals surface area contributed by atoms with Crippen molar-refractivity contribution in [2.75, 3.05) is 0 Å². The van der Waals surface area contributed by atoms with Gasteiger partial charge in [0.05, 0.1) is 18.1 Å². The molecule has 2 bridgehead atoms. The molecule has 2 heterocycles. The molecule has 0 aliphatic carbocycles. The zero-order valence-corrected chi connectivity index (χ0v) is 22.0. The lowest BCUT2D eigenvalue weighted by molar-refractivity contribution is -0.170. The third kappa shape index (κ3) is 10.0. The van der Waals surface area contributed by atoms with Crippen molar-refractivity contribution in [3.63, 3.8) is 0 Å². The first-order valence-electron chi connectivity index (χ1n) is 13.0. The van der Waals surface area contributed by atoms with E-state index >= 15 is 0 Å². The van der Waals surface area contributed by atoms with Gasteiger partial charge in [-0.3, -0.25) is 4.79 Å². The van der Waals surface area contributed by atoms with Crippen LogP contribution in [0.15, 0.2) is 72.9 Å². The second-order valence-corrected chi connectivity index (χ2v) is 10.2. The van der Waals surface area contributed by atoms with Gasteiger partial charge < -0.3 is 24.8 Å². The van der Waals surface area contributed by atoms with Crippen LogP contribution in [0.25, 0.3) is 0 Å². The van der Waals surface area contributed by atoms with Crippen LogP contribution >= 0.6 is 0 Å². The van der Waals surface area contributed by atoms with E-state index in [0.717, 1.165) is 30.4 Å². The van der Waals surface area contributed by atoms with Gasteiger partial charge in [-0.05, 0) is 58.3 Å². The van der Waals surface area contributed by atoms with Gasteiger partial charge in [-0.2, -0.15) is 0 Å². The lowest BCUT2D eigenvalue weighted by Crippen LogP contribution is -2.44. The monoisotopic (exact) mass is 500 g/mol. The zero-order chi connectivity index (χ0) is 26.7. The van der Waals surface area contributed by atoms with Crippen LogP contribution < -0.4 is 0 Å². The highest BCUT2D eigenvalue weighted by Crippen LogP contribution is 2.31. The quantitative estimate of drug-likeness (QED) is 0.277. The number of aliphatic hydroxyl groups is 3. The van der Waals surface area contributed by atoms with Crippen molar-refractivity contribution in [3.8, 4) is 0 Å². The van der Waals surface area contributed by atoms with Crippen LogP contribution in [0.3, 0.4) is 0 Å². The van der Waals surface area contributed by atoms with E-state index in [1.165, 1.54) is 6.08 Å². The van der Waals surface area contributed by atoms with Crippen LogP contribution in [-0.4, -0.2) is 57.9 Å². The molecule has 0 radical (unpaired) electrons. The van der Waals surface area contributed by atoms with Crippen molar-refractivity contribution >= 4 is 5.97 Å². The van der Waals surface area contributed by atoms with Gasteiger partial charge in [-0.1, -0.05) is 79.8 Å². The maximum atomic E-state index is 12.9. The number of allylic oxidation sites excluding steroid dienone is 7. The first-order chi connectivity index (χ1) is 17.1. The Morgan fingerprint density at radius 1 is 1.11 bits per heavy atom. The van der Waals surface area contributed by atoms with Gasteiger partial charge in [0.2, 0.25) is 0 Å². The largest absolute Gasteiger partial charge is 0.459 e. The molecule has 3 N–H and O–H groups in total. The second-order valence-electron chi connectivity index (χ2n) is 10.2. The summed E-state index contributed by atoms with van der Waals surface area (Å²) in [5.74, 6) is -1.18. The number of hydrogen-bond donors (Lipinski definition) is 3. The normalized spacial score (nSPS) is 35.8. The molecule has 0 aromatic heterocycles. The van der Waals surface area contributed by atoms with Gasteiger partial charge in [-0.15, -0.1) is 0 Å². The Morgan fingerprint density at radius 2 is 1.81 bits per heavy atom. The number of carbonyl (C=O) groups excluding carboxylic acids is 1. The Kier molecular flexibility index (Phi) is 12.6. The fraction of sp³-hybridized carbons (Fsp3) is 0.567. The molecule has 0 aromatic rings. The van der Waals surface area contributed by atoms with Crippen molar-refractivity contribution in [3.05, 3.63) is 72.9 Å². The Morgan fingerprint density at radius 3 is 2.53 bits per heavy atom. The molecule has 0 saturated carbocycles. The van der Waals surface area contributed by atoms with E-state index in [0.29, 0.717) is 19.3 Å². The van der Waals surface area contributed by atoms with Gasteiger partial charge in [0.1, 0.15) is 24.4 Å². The SMILES string of the molecule is C=C(C)C/C=C/C(=C)C[C@@H](C)[C@H]1OC(=O)C(C)/C=C/C=C/[C@@H](O)C(O)/C=C/CCC2CCC(O2)[C@H]1O. The summed E-state index contributed by atoms with van der Waals surface area (Å²) >= 11 is 0. The van der Waals surface area contributed by atoms with E-state index in [2.05, 4.69) is 13.2 Å². The molecule has 0 aromatic carbocycles. The van der Waals surface area contributed by atoms with Crippen LogP contribution in [0.4, 0.5) is 0 Å². The van der Waals surface area contributed by atoms with E-state index in [1.54, 1.807) is 31.2 Å². The fourth-order valence-electron chi connectivity index (χ4n) is 4.43. The second kappa shape index (κ2) is 15.1. The van der Waals surface area contributed by atoms with Gasteiger partial charge >= 0.3 is 5.97 Å². The zero-order valence-electron chi connectivity index (χ0n) is 22.0. The highest BCUT2D eigenvalue weighted by molar-refractivity contribution is 5.74. The molecule has 200 valence electrons. The first-order valence-corrected chi connectivity index (χ1v) is 13.0. The molecule has 2 aliphatic rings. The van der Waals surface area contributed by atoms with Crippen LogP contribution in [0.2, 0.25) is 0 Å². The van der Waals surface area contributed by atoms with Crippen molar-refractivity contribution < 1.29 is 29.6 Å². The van der Waals surface area contributed by atoms with Crippen molar-refractivity contribution in [1.82, 2.24) is 0 Å². The van der Waals surface area contributed by atoms with Crippen molar-refractivity contribution in [2.24, 2.45) is 11.8 Å². The Balaban J connectivity index is 2.21. The number of cyclic esters (lactones) is 1. The Bertz CT molecular complexity index is 854. The van der Waals surface area contributed by atoms with Crippen LogP contribution in [0, 0.1) is 11.8 Å². The van der Waals surface area contributed by atoms with Gasteiger partial charge in [-0.25, -0.2) is 0 Å². The van der Waals surface area contributed by atoms with E-state index < -0.39 is 42.4 Å². The summed E-state index contributed by atoms with van der Waals surface area (Å²) in [5.41, 5.74) is 1.95. The number of rotatable bonds is 6. The molecule has 36 heavy (non-hydrogen) atoms. The molecule has 4 unspecified atom stereocenters. The van der Waals surface area contributed by atoms with Crippen molar-refractivity contribution in [1.29, 1.82) is 0 Å². The maximum Gasteiger partial charge on any atom is 0.312 e. The standard InChI is InChI=1S/C30H44O6/c1-20(2)11-10-12-21(3)19-23(5)29-28(33)27-18-17-24(35-27)14-7-9-16-26(32)25(31)15-8-6-13-22(4)30(34)36-29/h6,8-10,12-13,15-16,22-29,31-33H,1,3,7,11,14,17-19H2,2,4-5H3/b12-10+,13-6+,15-8+,16-9+/t22?,23-,24?,25-,26?,27?,28-,29-/m1/s1. The van der Waals surface area contributed by atoms with Gasteiger partial charge in [0.25, 0.3) is 0 Å². The molecule has 2 aliphatic heterocycles. The molecule has 1 saturated heterocycles. The molecular formula is C30H44O6. The average Bonchev–Trinajstić information content (AvgIpc) is 3.30. The summed E-state index contributed by atoms with van der Waals surface area (Å²) in [6.45, 7) is 13.7. The molecule has 6 heteroatoms. The van der Waals surface area contributed by atoms with Crippen molar-refractivity contribution in [2.45, 2.75) is 95.9 Å². The summed E-state index contributed by atoms with van der Waals surface area (Å²) in [5, 5.41) is 31.5. The Labute approximate surface area is 216 Å². The molecule has 1 fully saturated rings. The molecular weight excluding hydrogens is 456 g/mol. The summed E-state index contributed by atoms with van der Waals surface area (Å²) in [6, 6.07) is 0. The molecule has 8 atom stereocenters. The molecule has 6 nitrogen and oxygen atoms in total. The fourth-order valence-corrected chi connectivity index (χ4v) is 4.43. The van der Waals surface area contributed by atoms with E-state index in [4.69, 9.17) is 9.47 Å². The molecule has 0 spiro atoms. The molecule has 2 rings (SSSR count). The highest BCUT2D eigenvalue weighted by Gasteiger charge is 2.39. The topological polar surface area (TPSA) is 96.2 Å². The van der Waals surface area contributed by atoms with E-state index in [-0.39, 0.29) is 12.0 Å². The Hall–Kier alpha value is -2.25. The number of aliphatic hydroxyl groups excluding tert-OH is 3. The number of esters is 1. The minimum atomic E-state index is -1.04. The predicted octanol–water partition coefficient (Wildman–Crippen LogP) is 4.73. The van der Waals surface area contributed by atoms with Crippen LogP contribution in [-0.2, 0) is 14.3 Å². The highest BCUT2D eigenvalue weighted by atomic mass is 16.6. The predicted molar refractivity (Wildman–Crippen MR) is 143 cm³/mol. The summed E-state index contributed by atoms with van der Waals surface area (Å²) in [6.07, 6.45) is 13.8. The minimum Gasteiger partial charge on any atom is -0.459 e. The third-order valence-electron chi connectivity index (χ3n) is 6.60. The number of hydrogen-bond acceptors (Lipinski definition) is 6.